The maximum atomic E-state index is 11.1. The van der Waals surface area contributed by atoms with Crippen LogP contribution in [-0.2, 0) is 14.3 Å². The number of carbonyl (C=O) groups excluding carboxylic acids is 2. The number of rotatable bonds is 2. The molecule has 2 aliphatic carbocycles. The van der Waals surface area contributed by atoms with Crippen LogP contribution in [0.4, 0.5) is 0 Å². The van der Waals surface area contributed by atoms with Crippen LogP contribution in [0.15, 0.2) is 11.6 Å². The van der Waals surface area contributed by atoms with Gasteiger partial charge in [0.25, 0.3) is 0 Å². The fourth-order valence-corrected chi connectivity index (χ4v) is 1.93. The van der Waals surface area contributed by atoms with E-state index >= 15 is 0 Å². The summed E-state index contributed by atoms with van der Waals surface area (Å²) in [6.45, 7) is 0. The summed E-state index contributed by atoms with van der Waals surface area (Å²) in [6.07, 6.45) is 4.04. The third-order valence-corrected chi connectivity index (χ3v) is 2.78. The second-order valence-electron chi connectivity index (χ2n) is 3.66. The van der Waals surface area contributed by atoms with Gasteiger partial charge in [-0.15, -0.1) is 0 Å². The minimum atomic E-state index is -0.134. The molecule has 0 unspecified atom stereocenters. The molecule has 3 heteroatoms. The SMILES string of the molecule is COC(=O)[C@H]1C[C@H]1C1=CC(=O)CC1. The Balaban J connectivity index is 1.96. The first-order valence-electron chi connectivity index (χ1n) is 4.53. The molecule has 2 rings (SSSR count). The highest BCUT2D eigenvalue weighted by Gasteiger charge is 2.46. The van der Waals surface area contributed by atoms with E-state index in [1.165, 1.54) is 7.11 Å². The van der Waals surface area contributed by atoms with E-state index in [0.717, 1.165) is 18.4 Å². The van der Waals surface area contributed by atoms with Crippen molar-refractivity contribution < 1.29 is 14.3 Å². The second kappa shape index (κ2) is 2.98. The van der Waals surface area contributed by atoms with Gasteiger partial charge in [-0.3, -0.25) is 9.59 Å². The molecule has 2 aliphatic rings. The molecule has 1 fully saturated rings. The molecule has 13 heavy (non-hydrogen) atoms. The molecule has 0 spiro atoms. The predicted molar refractivity (Wildman–Crippen MR) is 45.9 cm³/mol. The molecule has 3 nitrogen and oxygen atoms in total. The molecule has 70 valence electrons. The van der Waals surface area contributed by atoms with E-state index in [-0.39, 0.29) is 17.7 Å². The summed E-state index contributed by atoms with van der Waals surface area (Å²) in [5.74, 6) is 0.400. The van der Waals surface area contributed by atoms with Crippen molar-refractivity contribution in [2.75, 3.05) is 7.11 Å². The van der Waals surface area contributed by atoms with Crippen LogP contribution in [0.1, 0.15) is 19.3 Å². The third kappa shape index (κ3) is 1.50. The van der Waals surface area contributed by atoms with Gasteiger partial charge in [0.1, 0.15) is 0 Å². The Kier molecular flexibility index (Phi) is 1.94. The van der Waals surface area contributed by atoms with Crippen LogP contribution in [0.5, 0.6) is 0 Å². The average Bonchev–Trinajstić information content (AvgIpc) is 2.82. The van der Waals surface area contributed by atoms with E-state index in [1.807, 2.05) is 0 Å². The number of ketones is 1. The second-order valence-corrected chi connectivity index (χ2v) is 3.66. The summed E-state index contributed by atoms with van der Waals surface area (Å²) in [5, 5.41) is 0. The van der Waals surface area contributed by atoms with E-state index in [0.29, 0.717) is 12.3 Å². The Morgan fingerprint density at radius 2 is 2.31 bits per heavy atom. The Morgan fingerprint density at radius 3 is 2.85 bits per heavy atom. The lowest BCUT2D eigenvalue weighted by Gasteiger charge is -1.98. The molecule has 0 N–H and O–H groups in total. The van der Waals surface area contributed by atoms with Crippen LogP contribution in [-0.4, -0.2) is 18.9 Å². The van der Waals surface area contributed by atoms with Gasteiger partial charge in [0, 0.05) is 6.42 Å². The van der Waals surface area contributed by atoms with Gasteiger partial charge >= 0.3 is 5.97 Å². The minimum Gasteiger partial charge on any atom is -0.469 e. The zero-order chi connectivity index (χ0) is 9.42. The molecule has 0 bridgehead atoms. The maximum absolute atomic E-state index is 11.1. The van der Waals surface area contributed by atoms with Crippen molar-refractivity contribution in [3.63, 3.8) is 0 Å². The highest BCUT2D eigenvalue weighted by molar-refractivity contribution is 5.93. The van der Waals surface area contributed by atoms with Gasteiger partial charge < -0.3 is 4.74 Å². The van der Waals surface area contributed by atoms with Gasteiger partial charge in [-0.2, -0.15) is 0 Å². The molecule has 0 aromatic heterocycles. The van der Waals surface area contributed by atoms with Crippen molar-refractivity contribution in [2.45, 2.75) is 19.3 Å². The molecule has 0 radical (unpaired) electrons. The van der Waals surface area contributed by atoms with Crippen LogP contribution in [0.2, 0.25) is 0 Å². The fraction of sp³-hybridized carbons (Fsp3) is 0.600. The summed E-state index contributed by atoms with van der Waals surface area (Å²) in [7, 11) is 1.41. The minimum absolute atomic E-state index is 0.0298. The highest BCUT2D eigenvalue weighted by atomic mass is 16.5. The number of methoxy groups -OCH3 is 1. The topological polar surface area (TPSA) is 43.4 Å². The van der Waals surface area contributed by atoms with Crippen molar-refractivity contribution in [1.29, 1.82) is 0 Å². The number of ether oxygens (including phenoxy) is 1. The first-order chi connectivity index (χ1) is 6.22. The first kappa shape index (κ1) is 8.48. The van der Waals surface area contributed by atoms with Crippen molar-refractivity contribution in [1.82, 2.24) is 0 Å². The van der Waals surface area contributed by atoms with Crippen LogP contribution in [0, 0.1) is 11.8 Å². The largest absolute Gasteiger partial charge is 0.469 e. The molecular weight excluding hydrogens is 168 g/mol. The Morgan fingerprint density at radius 1 is 1.54 bits per heavy atom. The summed E-state index contributed by atoms with van der Waals surface area (Å²) in [5.41, 5.74) is 1.15. The molecule has 0 saturated heterocycles. The Hall–Kier alpha value is -1.12. The lowest BCUT2D eigenvalue weighted by atomic mass is 10.1. The molecule has 0 aromatic rings. The van der Waals surface area contributed by atoms with Crippen molar-refractivity contribution in [2.24, 2.45) is 11.8 Å². The number of hydrogen-bond acceptors (Lipinski definition) is 3. The van der Waals surface area contributed by atoms with E-state index in [1.54, 1.807) is 6.08 Å². The van der Waals surface area contributed by atoms with Crippen LogP contribution in [0.3, 0.4) is 0 Å². The van der Waals surface area contributed by atoms with E-state index in [4.69, 9.17) is 0 Å². The zero-order valence-electron chi connectivity index (χ0n) is 7.58. The number of allylic oxidation sites excluding steroid dienone is 2. The zero-order valence-corrected chi connectivity index (χ0v) is 7.58. The summed E-state index contributed by atoms with van der Waals surface area (Å²) in [6, 6.07) is 0. The van der Waals surface area contributed by atoms with Crippen molar-refractivity contribution in [3.05, 3.63) is 11.6 Å². The standard InChI is InChI=1S/C10H12O3/c1-13-10(12)9-5-8(9)6-2-3-7(11)4-6/h4,8-9H,2-3,5H2,1H3/t8-,9-/m0/s1. The predicted octanol–water partition coefficient (Wildman–Crippen LogP) is 1.08. The first-order valence-corrected chi connectivity index (χ1v) is 4.53. The van der Waals surface area contributed by atoms with E-state index in [9.17, 15) is 9.59 Å². The fourth-order valence-electron chi connectivity index (χ4n) is 1.93. The van der Waals surface area contributed by atoms with Crippen molar-refractivity contribution >= 4 is 11.8 Å². The van der Waals surface area contributed by atoms with Gasteiger partial charge in [0.15, 0.2) is 5.78 Å². The van der Waals surface area contributed by atoms with Gasteiger partial charge in [-0.1, -0.05) is 5.57 Å². The van der Waals surface area contributed by atoms with E-state index < -0.39 is 0 Å². The molecule has 2 atom stereocenters. The lowest BCUT2D eigenvalue weighted by molar-refractivity contribution is -0.142. The van der Waals surface area contributed by atoms with Gasteiger partial charge in [0.2, 0.25) is 0 Å². The molecule has 1 saturated carbocycles. The van der Waals surface area contributed by atoms with Gasteiger partial charge in [-0.25, -0.2) is 0 Å². The van der Waals surface area contributed by atoms with Crippen molar-refractivity contribution in [3.8, 4) is 0 Å². The summed E-state index contributed by atoms with van der Waals surface area (Å²) in [4.78, 5) is 22.0. The molecular formula is C10H12O3. The quantitative estimate of drug-likeness (QED) is 0.597. The molecule has 0 amide bonds. The summed E-state index contributed by atoms with van der Waals surface area (Å²) < 4.78 is 4.64. The number of carbonyl (C=O) groups is 2. The molecule has 0 heterocycles. The molecule has 0 aliphatic heterocycles. The summed E-state index contributed by atoms with van der Waals surface area (Å²) >= 11 is 0. The highest BCUT2D eigenvalue weighted by Crippen LogP contribution is 2.47. The van der Waals surface area contributed by atoms with Gasteiger partial charge in [-0.05, 0) is 24.8 Å². The Bertz CT molecular complexity index is 291. The lowest BCUT2D eigenvalue weighted by Crippen LogP contribution is -2.04. The van der Waals surface area contributed by atoms with Crippen LogP contribution >= 0.6 is 0 Å². The number of esters is 1. The van der Waals surface area contributed by atoms with Crippen LogP contribution in [0.25, 0.3) is 0 Å². The normalized spacial score (nSPS) is 31.5. The van der Waals surface area contributed by atoms with Crippen LogP contribution < -0.4 is 0 Å². The average molecular weight is 180 g/mol. The molecule has 0 aromatic carbocycles. The Labute approximate surface area is 76.8 Å². The maximum Gasteiger partial charge on any atom is 0.309 e. The number of hydrogen-bond donors (Lipinski definition) is 0. The monoisotopic (exact) mass is 180 g/mol. The third-order valence-electron chi connectivity index (χ3n) is 2.78. The van der Waals surface area contributed by atoms with E-state index in [2.05, 4.69) is 4.74 Å². The smallest absolute Gasteiger partial charge is 0.309 e. The van der Waals surface area contributed by atoms with Gasteiger partial charge in [0.05, 0.1) is 13.0 Å².